The van der Waals surface area contributed by atoms with Crippen LogP contribution in [0.4, 0.5) is 0 Å². The van der Waals surface area contributed by atoms with Crippen LogP contribution in [0.25, 0.3) is 0 Å². The maximum absolute atomic E-state index is 12.1. The molecule has 2 aromatic rings. The number of methoxy groups -OCH3 is 1. The summed E-state index contributed by atoms with van der Waals surface area (Å²) in [6.07, 6.45) is -2.49. The molecule has 0 saturated carbocycles. The van der Waals surface area contributed by atoms with Gasteiger partial charge < -0.3 is 24.5 Å². The van der Waals surface area contributed by atoms with Gasteiger partial charge in [0, 0.05) is 12.4 Å². The summed E-state index contributed by atoms with van der Waals surface area (Å²) in [7, 11) is 0.951. The molecule has 0 amide bonds. The maximum atomic E-state index is 12.1. The number of carbonyl (C=O) groups is 2. The van der Waals surface area contributed by atoms with E-state index in [1.165, 1.54) is 0 Å². The molecule has 2 rings (SSSR count). The first-order chi connectivity index (χ1) is 12.2. The van der Waals surface area contributed by atoms with Gasteiger partial charge in [0.25, 0.3) is 11.1 Å². The smallest absolute Gasteiger partial charge is 0.352 e. The minimum atomic E-state index is -2.18. The average molecular weight is 368 g/mol. The van der Waals surface area contributed by atoms with E-state index in [0.717, 1.165) is 19.5 Å². The van der Waals surface area contributed by atoms with Gasteiger partial charge in [-0.25, -0.2) is 19.2 Å². The zero-order chi connectivity index (χ0) is 19.4. The van der Waals surface area contributed by atoms with Gasteiger partial charge in [0.05, 0.1) is 18.2 Å². The van der Waals surface area contributed by atoms with E-state index in [-0.39, 0.29) is 0 Å². The van der Waals surface area contributed by atoms with Crippen molar-refractivity contribution in [2.75, 3.05) is 7.11 Å². The first-order valence-electron chi connectivity index (χ1n) is 6.84. The minimum Gasteiger partial charge on any atom is -0.466 e. The highest BCUT2D eigenvalue weighted by Crippen LogP contribution is 2.19. The summed E-state index contributed by atoms with van der Waals surface area (Å²) in [5.41, 5.74) is -4.87. The van der Waals surface area contributed by atoms with Crippen LogP contribution in [-0.4, -0.2) is 44.1 Å². The van der Waals surface area contributed by atoms with Crippen LogP contribution in [0.5, 0.6) is 0 Å². The van der Waals surface area contributed by atoms with E-state index >= 15 is 0 Å². The van der Waals surface area contributed by atoms with Crippen molar-refractivity contribution in [3.63, 3.8) is 0 Å². The Kier molecular flexibility index (Phi) is 5.32. The highest BCUT2D eigenvalue weighted by Gasteiger charge is 2.32. The van der Waals surface area contributed by atoms with E-state index in [4.69, 9.17) is 4.74 Å². The van der Waals surface area contributed by atoms with Gasteiger partial charge in [-0.3, -0.25) is 19.6 Å². The van der Waals surface area contributed by atoms with Gasteiger partial charge in [-0.1, -0.05) is 0 Å². The first-order valence-corrected chi connectivity index (χ1v) is 6.84. The molecule has 0 saturated heterocycles. The Bertz CT molecular complexity index is 1060. The molecule has 0 bridgehead atoms. The number of aliphatic hydroxyl groups is 1. The fraction of sp³-hybridized carbons (Fsp3) is 0.231. The number of carbonyl (C=O) groups excluding carboxylic acids is 2. The molecule has 26 heavy (non-hydrogen) atoms. The number of esters is 2. The zero-order valence-electron chi connectivity index (χ0n) is 13.0. The molecule has 13 nitrogen and oxygen atoms in total. The maximum Gasteiger partial charge on any atom is 0.352 e. The van der Waals surface area contributed by atoms with Gasteiger partial charge in [0.15, 0.2) is 6.10 Å². The number of H-pyrrole nitrogens is 4. The molecule has 2 heterocycles. The predicted octanol–water partition coefficient (Wildman–Crippen LogP) is -3.07. The molecule has 0 aliphatic carbocycles. The second-order valence-corrected chi connectivity index (χ2v) is 4.80. The molecule has 2 unspecified atom stereocenters. The summed E-state index contributed by atoms with van der Waals surface area (Å²) >= 11 is 0. The van der Waals surface area contributed by atoms with Crippen molar-refractivity contribution in [1.82, 2.24) is 19.9 Å². The van der Waals surface area contributed by atoms with Crippen molar-refractivity contribution in [3.8, 4) is 0 Å². The van der Waals surface area contributed by atoms with E-state index in [9.17, 15) is 33.9 Å². The molecule has 2 aromatic heterocycles. The lowest BCUT2D eigenvalue weighted by atomic mass is 10.1. The molecule has 2 atom stereocenters. The molecule has 0 aliphatic rings. The molecule has 0 fully saturated rings. The van der Waals surface area contributed by atoms with E-state index in [0.29, 0.717) is 0 Å². The molecule has 5 N–H and O–H groups in total. The monoisotopic (exact) mass is 368 g/mol. The topological polar surface area (TPSA) is 204 Å². The number of ether oxygens (including phenoxy) is 2. The van der Waals surface area contributed by atoms with Crippen molar-refractivity contribution < 1.29 is 24.2 Å². The molecule has 0 aliphatic heterocycles. The van der Waals surface area contributed by atoms with Crippen molar-refractivity contribution in [2.45, 2.75) is 12.2 Å². The van der Waals surface area contributed by atoms with Crippen LogP contribution in [0.2, 0.25) is 0 Å². The first kappa shape index (κ1) is 18.6. The third-order valence-corrected chi connectivity index (χ3v) is 3.15. The van der Waals surface area contributed by atoms with Crippen molar-refractivity contribution in [1.29, 1.82) is 0 Å². The Labute approximate surface area is 141 Å². The number of nitrogens with one attached hydrogen (secondary N) is 4. The molecule has 138 valence electrons. The number of aliphatic hydroxyl groups excluding tert-OH is 1. The molecule has 0 aromatic carbocycles. The quantitative estimate of drug-likeness (QED) is 0.339. The number of aromatic nitrogens is 4. The van der Waals surface area contributed by atoms with Crippen LogP contribution in [0, 0.1) is 0 Å². The van der Waals surface area contributed by atoms with E-state index in [1.807, 2.05) is 9.97 Å². The highest BCUT2D eigenvalue weighted by atomic mass is 16.6. The Morgan fingerprint density at radius 3 is 1.88 bits per heavy atom. The summed E-state index contributed by atoms with van der Waals surface area (Å²) in [6.45, 7) is 0. The molecular formula is C13H12N4O9. The minimum absolute atomic E-state index is 0.479. The lowest BCUT2D eigenvalue weighted by Gasteiger charge is -2.17. The number of hydrogen-bond donors (Lipinski definition) is 5. The summed E-state index contributed by atoms with van der Waals surface area (Å²) < 4.78 is 9.18. The number of hydrogen-bond acceptors (Lipinski definition) is 9. The fourth-order valence-electron chi connectivity index (χ4n) is 1.89. The van der Waals surface area contributed by atoms with Gasteiger partial charge in [-0.2, -0.15) is 0 Å². The van der Waals surface area contributed by atoms with Crippen LogP contribution in [0.3, 0.4) is 0 Å². The van der Waals surface area contributed by atoms with Gasteiger partial charge >= 0.3 is 23.3 Å². The van der Waals surface area contributed by atoms with Crippen LogP contribution < -0.4 is 22.5 Å². The standard InChI is InChI=1S/C13H12N4O9/c1-25-11(22)7(5-3-15-13(24)17-9(5)20)26-10(21)6(18)4-2-14-12(23)16-8(4)19/h2-3,6-7,18H,1H3,(H2,14,16,19,23)(H2,15,17,20,24). The number of aromatic amines is 4. The van der Waals surface area contributed by atoms with Crippen LogP contribution in [-0.2, 0) is 19.1 Å². The highest BCUT2D eigenvalue weighted by molar-refractivity contribution is 5.82. The summed E-state index contributed by atoms with van der Waals surface area (Å²) in [5.74, 6) is -2.66. The zero-order valence-corrected chi connectivity index (χ0v) is 13.0. The van der Waals surface area contributed by atoms with Crippen LogP contribution in [0.15, 0.2) is 31.6 Å². The largest absolute Gasteiger partial charge is 0.466 e. The number of rotatable bonds is 5. The van der Waals surface area contributed by atoms with Crippen molar-refractivity contribution in [3.05, 3.63) is 65.2 Å². The Balaban J connectivity index is 2.36. The van der Waals surface area contributed by atoms with Gasteiger partial charge in [0.2, 0.25) is 6.10 Å². The Hall–Kier alpha value is -3.74. The normalized spacial score (nSPS) is 12.8. The van der Waals surface area contributed by atoms with Crippen LogP contribution >= 0.6 is 0 Å². The van der Waals surface area contributed by atoms with Crippen molar-refractivity contribution in [2.24, 2.45) is 0 Å². The average Bonchev–Trinajstić information content (AvgIpc) is 2.59. The Morgan fingerprint density at radius 1 is 0.923 bits per heavy atom. The van der Waals surface area contributed by atoms with Gasteiger partial charge in [-0.15, -0.1) is 0 Å². The summed E-state index contributed by atoms with van der Waals surface area (Å²) in [5, 5.41) is 9.91. The third-order valence-electron chi connectivity index (χ3n) is 3.15. The van der Waals surface area contributed by atoms with E-state index in [2.05, 4.69) is 9.72 Å². The third kappa shape index (κ3) is 3.84. The summed E-state index contributed by atoms with van der Waals surface area (Å²) in [4.78, 5) is 77.0. The fourth-order valence-corrected chi connectivity index (χ4v) is 1.89. The lowest BCUT2D eigenvalue weighted by Crippen LogP contribution is -2.34. The second-order valence-electron chi connectivity index (χ2n) is 4.80. The SMILES string of the molecule is COC(=O)C(OC(=O)C(O)c1c[nH]c(=O)[nH]c1=O)c1c[nH]c(=O)[nH]c1=O. The van der Waals surface area contributed by atoms with Crippen molar-refractivity contribution >= 4 is 11.9 Å². The van der Waals surface area contributed by atoms with Gasteiger partial charge in [0.1, 0.15) is 0 Å². The van der Waals surface area contributed by atoms with E-state index in [1.54, 1.807) is 4.98 Å². The Morgan fingerprint density at radius 2 is 1.42 bits per heavy atom. The van der Waals surface area contributed by atoms with Gasteiger partial charge in [-0.05, 0) is 0 Å². The molecular weight excluding hydrogens is 356 g/mol. The van der Waals surface area contributed by atoms with E-state index < -0.39 is 57.8 Å². The van der Waals surface area contributed by atoms with Crippen LogP contribution in [0.1, 0.15) is 23.3 Å². The summed E-state index contributed by atoms with van der Waals surface area (Å²) in [6, 6.07) is 0. The predicted molar refractivity (Wildman–Crippen MR) is 81.2 cm³/mol. The lowest BCUT2D eigenvalue weighted by molar-refractivity contribution is -0.172. The molecule has 13 heteroatoms. The molecule has 0 spiro atoms. The second kappa shape index (κ2) is 7.43. The molecule has 0 radical (unpaired) electrons.